The van der Waals surface area contributed by atoms with E-state index in [4.69, 9.17) is 5.11 Å². The summed E-state index contributed by atoms with van der Waals surface area (Å²) >= 11 is 0. The molecule has 1 heterocycles. The Morgan fingerprint density at radius 1 is 1.47 bits per heavy atom. The van der Waals surface area contributed by atoms with Crippen LogP contribution in [0, 0.1) is 6.92 Å². The van der Waals surface area contributed by atoms with E-state index in [-0.39, 0.29) is 11.8 Å². The van der Waals surface area contributed by atoms with Crippen LogP contribution in [0.5, 0.6) is 0 Å². The number of aromatic nitrogens is 2. The van der Waals surface area contributed by atoms with Crippen molar-refractivity contribution in [2.45, 2.75) is 26.6 Å². The first kappa shape index (κ1) is 13.7. The van der Waals surface area contributed by atoms with E-state index in [1.807, 2.05) is 24.9 Å². The zero-order chi connectivity index (χ0) is 13.1. The predicted molar refractivity (Wildman–Crippen MR) is 69.8 cm³/mol. The van der Waals surface area contributed by atoms with Gasteiger partial charge in [0.15, 0.2) is 0 Å². The van der Waals surface area contributed by atoms with Crippen LogP contribution >= 0.6 is 0 Å². The molecule has 0 aliphatic carbocycles. The van der Waals surface area contributed by atoms with Crippen molar-refractivity contribution in [2.75, 3.05) is 6.23 Å². The van der Waals surface area contributed by atoms with Crippen LogP contribution in [-0.2, 0) is 6.54 Å². The Balaban J connectivity index is 2.88. The number of aliphatic hydroxyl groups excluding tert-OH is 1. The lowest BCUT2D eigenvalue weighted by molar-refractivity contribution is 0.360. The van der Waals surface area contributed by atoms with Crippen LogP contribution < -0.4 is 11.2 Å². The van der Waals surface area contributed by atoms with E-state index in [0.717, 1.165) is 0 Å². The van der Waals surface area contributed by atoms with Crippen molar-refractivity contribution in [1.29, 1.82) is 0 Å². The summed E-state index contributed by atoms with van der Waals surface area (Å²) in [6, 6.07) is 0. The first-order valence-electron chi connectivity index (χ1n) is 5.44. The summed E-state index contributed by atoms with van der Waals surface area (Å²) in [6.07, 6.45) is 3.59. The molecule has 6 heteroatoms. The molecule has 1 aromatic rings. The third-order valence-corrected chi connectivity index (χ3v) is 4.42. The Labute approximate surface area is 100 Å². The first-order valence-corrected chi connectivity index (χ1v) is 8.73. The van der Waals surface area contributed by atoms with Crippen molar-refractivity contribution >= 4 is 8.07 Å². The summed E-state index contributed by atoms with van der Waals surface area (Å²) in [5.41, 5.74) is 1.74. The Morgan fingerprint density at radius 3 is 2.71 bits per heavy atom. The van der Waals surface area contributed by atoms with Gasteiger partial charge >= 0.3 is 5.69 Å². The van der Waals surface area contributed by atoms with E-state index in [9.17, 15) is 9.59 Å². The highest BCUT2D eigenvalue weighted by Gasteiger charge is 2.14. The van der Waals surface area contributed by atoms with Gasteiger partial charge in [0.05, 0.1) is 0 Å². The van der Waals surface area contributed by atoms with Crippen molar-refractivity contribution in [3.8, 4) is 0 Å². The second kappa shape index (κ2) is 5.28. The molecule has 2 N–H and O–H groups in total. The monoisotopic (exact) mass is 254 g/mol. The number of nitrogens with zero attached hydrogens (tertiary/aromatic N) is 1. The predicted octanol–water partition coefficient (Wildman–Crippen LogP) is 0.180. The molecule has 0 saturated carbocycles. The highest BCUT2D eigenvalue weighted by molar-refractivity contribution is 6.82. The van der Waals surface area contributed by atoms with Crippen molar-refractivity contribution in [3.63, 3.8) is 0 Å². The van der Waals surface area contributed by atoms with Gasteiger partial charge in [-0.05, 0) is 6.92 Å². The van der Waals surface area contributed by atoms with Crippen LogP contribution in [0.2, 0.25) is 13.1 Å². The summed E-state index contributed by atoms with van der Waals surface area (Å²) in [5, 5.41) is 9.12. The molecule has 0 spiro atoms. The van der Waals surface area contributed by atoms with Crippen molar-refractivity contribution in [2.24, 2.45) is 0 Å². The molecule has 0 aliphatic rings. The highest BCUT2D eigenvalue weighted by atomic mass is 28.3. The van der Waals surface area contributed by atoms with Gasteiger partial charge in [0, 0.05) is 24.5 Å². The third-order valence-electron chi connectivity index (χ3n) is 2.47. The van der Waals surface area contributed by atoms with Crippen LogP contribution in [0.15, 0.2) is 27.6 Å². The molecule has 17 heavy (non-hydrogen) atoms. The molecule has 0 amide bonds. The summed E-state index contributed by atoms with van der Waals surface area (Å²) in [7, 11) is -1.69. The molecule has 0 saturated heterocycles. The molecule has 94 valence electrons. The van der Waals surface area contributed by atoms with Gasteiger partial charge in [-0.1, -0.05) is 24.9 Å². The molecule has 1 aromatic heterocycles. The van der Waals surface area contributed by atoms with Crippen LogP contribution in [-0.4, -0.2) is 29.0 Å². The van der Waals surface area contributed by atoms with Crippen molar-refractivity contribution < 1.29 is 5.11 Å². The number of aromatic amines is 1. The van der Waals surface area contributed by atoms with E-state index in [1.54, 1.807) is 13.1 Å². The quantitative estimate of drug-likeness (QED) is 0.753. The normalized spacial score (nSPS) is 12.2. The van der Waals surface area contributed by atoms with Crippen molar-refractivity contribution in [3.05, 3.63) is 44.4 Å². The Morgan fingerprint density at radius 2 is 2.12 bits per heavy atom. The fraction of sp³-hybridized carbons (Fsp3) is 0.455. The number of hydrogen-bond donors (Lipinski definition) is 2. The van der Waals surface area contributed by atoms with E-state index in [0.29, 0.717) is 12.1 Å². The summed E-state index contributed by atoms with van der Waals surface area (Å²) in [4.78, 5) is 24.9. The maximum Gasteiger partial charge on any atom is 0.328 e. The topological polar surface area (TPSA) is 75.1 Å². The Kier molecular flexibility index (Phi) is 4.25. The summed E-state index contributed by atoms with van der Waals surface area (Å²) < 4.78 is 1.44. The van der Waals surface area contributed by atoms with E-state index in [1.165, 1.54) is 4.57 Å². The fourth-order valence-electron chi connectivity index (χ4n) is 1.29. The van der Waals surface area contributed by atoms with Gasteiger partial charge in [0.2, 0.25) is 0 Å². The standard InChI is InChI=1S/C11H18N2O3Si/c1-9-7-13(11(16)12-10(9)15)5-4-6-17(2,3)8-14/h4,6-7,14H,5,8H2,1-3H3,(H,12,15,16)/b6-4-. The molecule has 0 atom stereocenters. The van der Waals surface area contributed by atoms with Gasteiger partial charge in [0.25, 0.3) is 5.56 Å². The second-order valence-electron chi connectivity index (χ2n) is 4.77. The van der Waals surface area contributed by atoms with Gasteiger partial charge < -0.3 is 5.11 Å². The first-order chi connectivity index (χ1) is 7.85. The minimum absolute atomic E-state index is 0.184. The Hall–Kier alpha value is -1.40. The number of hydrogen-bond acceptors (Lipinski definition) is 3. The molecule has 0 aliphatic heterocycles. The van der Waals surface area contributed by atoms with Gasteiger partial charge in [-0.15, -0.1) is 0 Å². The van der Waals surface area contributed by atoms with Gasteiger partial charge in [-0.3, -0.25) is 14.3 Å². The van der Waals surface area contributed by atoms with Crippen LogP contribution in [0.1, 0.15) is 5.56 Å². The minimum Gasteiger partial charge on any atom is -0.399 e. The smallest absolute Gasteiger partial charge is 0.328 e. The minimum atomic E-state index is -1.69. The lowest BCUT2D eigenvalue weighted by Gasteiger charge is -2.12. The largest absolute Gasteiger partial charge is 0.399 e. The number of rotatable bonds is 4. The zero-order valence-corrected chi connectivity index (χ0v) is 11.4. The molecular formula is C11H18N2O3Si. The number of aryl methyl sites for hydroxylation is 1. The molecule has 0 radical (unpaired) electrons. The second-order valence-corrected chi connectivity index (χ2v) is 9.40. The van der Waals surface area contributed by atoms with E-state index < -0.39 is 13.8 Å². The maximum absolute atomic E-state index is 11.5. The summed E-state index contributed by atoms with van der Waals surface area (Å²) in [5.74, 6) is 0. The molecule has 0 fully saturated rings. The average Bonchev–Trinajstić information content (AvgIpc) is 2.25. The molecule has 0 aromatic carbocycles. The van der Waals surface area contributed by atoms with Crippen molar-refractivity contribution in [1.82, 2.24) is 9.55 Å². The lowest BCUT2D eigenvalue weighted by atomic mass is 10.4. The molecular weight excluding hydrogens is 236 g/mol. The molecule has 0 bridgehead atoms. The number of aliphatic hydroxyl groups is 1. The average molecular weight is 254 g/mol. The van der Waals surface area contributed by atoms with Gasteiger partial charge in [0.1, 0.15) is 8.07 Å². The highest BCUT2D eigenvalue weighted by Crippen LogP contribution is 2.01. The molecule has 1 rings (SSSR count). The zero-order valence-electron chi connectivity index (χ0n) is 10.4. The van der Waals surface area contributed by atoms with Crippen LogP contribution in [0.3, 0.4) is 0 Å². The van der Waals surface area contributed by atoms with E-state index in [2.05, 4.69) is 4.98 Å². The van der Waals surface area contributed by atoms with E-state index >= 15 is 0 Å². The van der Waals surface area contributed by atoms with Crippen LogP contribution in [0.25, 0.3) is 0 Å². The third kappa shape index (κ3) is 3.83. The van der Waals surface area contributed by atoms with Gasteiger partial charge in [-0.25, -0.2) is 4.79 Å². The van der Waals surface area contributed by atoms with Gasteiger partial charge in [-0.2, -0.15) is 0 Å². The fourth-order valence-corrected chi connectivity index (χ4v) is 2.14. The maximum atomic E-state index is 11.5. The SMILES string of the molecule is Cc1cn(C/C=C\[Si](C)(C)CO)c(=O)[nH]c1=O. The summed E-state index contributed by atoms with van der Waals surface area (Å²) in [6.45, 7) is 6.13. The molecule has 5 nitrogen and oxygen atoms in total. The Bertz CT molecular complexity index is 528. The number of H-pyrrole nitrogens is 1. The lowest BCUT2D eigenvalue weighted by Crippen LogP contribution is -2.31. The number of nitrogens with one attached hydrogen (secondary N) is 1. The molecule has 0 unspecified atom stereocenters. The number of allylic oxidation sites excluding steroid dienone is 1. The van der Waals surface area contributed by atoms with Crippen LogP contribution in [0.4, 0.5) is 0 Å².